The second-order valence-electron chi connectivity index (χ2n) is 6.87. The quantitative estimate of drug-likeness (QED) is 0.639. The van der Waals surface area contributed by atoms with E-state index in [0.29, 0.717) is 25.8 Å². The molecule has 1 amide bonds. The Balaban J connectivity index is 2.92. The molecular formula is C16H28N2O4. The van der Waals surface area contributed by atoms with Crippen LogP contribution in [0.15, 0.2) is 0 Å². The van der Waals surface area contributed by atoms with Gasteiger partial charge in [0.25, 0.3) is 0 Å². The van der Waals surface area contributed by atoms with E-state index in [-0.39, 0.29) is 18.1 Å². The second-order valence-corrected chi connectivity index (χ2v) is 6.87. The SMILES string of the molecule is CCC1CC(CC=N)(C(=O)OC)CCN1C(=O)OC(C)(C)C. The first-order chi connectivity index (χ1) is 10.2. The third kappa shape index (κ3) is 4.21. The molecule has 2 unspecified atom stereocenters. The van der Waals surface area contributed by atoms with Gasteiger partial charge in [-0.1, -0.05) is 6.92 Å². The van der Waals surface area contributed by atoms with Gasteiger partial charge in [-0.25, -0.2) is 4.79 Å². The van der Waals surface area contributed by atoms with E-state index in [1.807, 2.05) is 27.7 Å². The van der Waals surface area contributed by atoms with E-state index in [4.69, 9.17) is 14.9 Å². The average molecular weight is 312 g/mol. The van der Waals surface area contributed by atoms with Gasteiger partial charge in [-0.3, -0.25) is 4.79 Å². The van der Waals surface area contributed by atoms with Crippen molar-refractivity contribution in [1.29, 1.82) is 5.41 Å². The van der Waals surface area contributed by atoms with Crippen LogP contribution in [0.3, 0.4) is 0 Å². The molecule has 1 rings (SSSR count). The Morgan fingerprint density at radius 2 is 2.05 bits per heavy atom. The van der Waals surface area contributed by atoms with Crippen molar-refractivity contribution < 1.29 is 19.1 Å². The van der Waals surface area contributed by atoms with Crippen molar-refractivity contribution in [3.05, 3.63) is 0 Å². The summed E-state index contributed by atoms with van der Waals surface area (Å²) >= 11 is 0. The monoisotopic (exact) mass is 312 g/mol. The average Bonchev–Trinajstić information content (AvgIpc) is 2.44. The molecule has 1 aliphatic heterocycles. The number of nitrogens with one attached hydrogen (secondary N) is 1. The van der Waals surface area contributed by atoms with E-state index < -0.39 is 11.0 Å². The van der Waals surface area contributed by atoms with Crippen molar-refractivity contribution in [3.8, 4) is 0 Å². The smallest absolute Gasteiger partial charge is 0.410 e. The highest BCUT2D eigenvalue weighted by molar-refractivity contribution is 5.81. The lowest BCUT2D eigenvalue weighted by molar-refractivity contribution is -0.156. The number of nitrogens with zero attached hydrogens (tertiary/aromatic N) is 1. The summed E-state index contributed by atoms with van der Waals surface area (Å²) in [6, 6.07) is -0.0809. The van der Waals surface area contributed by atoms with Gasteiger partial charge in [0, 0.05) is 12.6 Å². The van der Waals surface area contributed by atoms with E-state index in [9.17, 15) is 9.59 Å². The fourth-order valence-corrected chi connectivity index (χ4v) is 2.97. The molecule has 1 N–H and O–H groups in total. The summed E-state index contributed by atoms with van der Waals surface area (Å²) in [5.74, 6) is -0.293. The molecule has 2 atom stereocenters. The minimum Gasteiger partial charge on any atom is -0.469 e. The van der Waals surface area contributed by atoms with Crippen molar-refractivity contribution in [2.45, 2.75) is 65.0 Å². The molecule has 22 heavy (non-hydrogen) atoms. The number of carbonyl (C=O) groups is 2. The molecule has 1 aliphatic rings. The summed E-state index contributed by atoms with van der Waals surface area (Å²) in [7, 11) is 1.37. The summed E-state index contributed by atoms with van der Waals surface area (Å²) in [4.78, 5) is 26.2. The van der Waals surface area contributed by atoms with Crippen molar-refractivity contribution in [3.63, 3.8) is 0 Å². The number of hydrogen-bond acceptors (Lipinski definition) is 5. The van der Waals surface area contributed by atoms with E-state index in [1.165, 1.54) is 13.3 Å². The molecule has 1 saturated heterocycles. The van der Waals surface area contributed by atoms with Crippen LogP contribution in [-0.4, -0.2) is 48.5 Å². The van der Waals surface area contributed by atoms with Crippen LogP contribution in [0.1, 0.15) is 53.4 Å². The topological polar surface area (TPSA) is 79.7 Å². The van der Waals surface area contributed by atoms with Crippen LogP contribution in [0.25, 0.3) is 0 Å². The molecule has 0 aliphatic carbocycles. The number of carbonyl (C=O) groups excluding carboxylic acids is 2. The van der Waals surface area contributed by atoms with Crippen LogP contribution >= 0.6 is 0 Å². The summed E-state index contributed by atoms with van der Waals surface area (Å²) in [6.07, 6.45) is 2.99. The largest absolute Gasteiger partial charge is 0.469 e. The molecule has 0 bridgehead atoms. The molecule has 126 valence electrons. The normalized spacial score (nSPS) is 25.5. The lowest BCUT2D eigenvalue weighted by Gasteiger charge is -2.44. The summed E-state index contributed by atoms with van der Waals surface area (Å²) in [5.41, 5.74) is -1.24. The highest BCUT2D eigenvalue weighted by atomic mass is 16.6. The zero-order valence-electron chi connectivity index (χ0n) is 14.3. The summed E-state index contributed by atoms with van der Waals surface area (Å²) in [5, 5.41) is 7.37. The van der Waals surface area contributed by atoms with Crippen LogP contribution in [0, 0.1) is 10.8 Å². The van der Waals surface area contributed by atoms with Crippen LogP contribution in [-0.2, 0) is 14.3 Å². The third-order valence-corrected chi connectivity index (χ3v) is 4.11. The van der Waals surface area contributed by atoms with Gasteiger partial charge < -0.3 is 19.8 Å². The molecule has 6 heteroatoms. The third-order valence-electron chi connectivity index (χ3n) is 4.11. The maximum atomic E-state index is 12.3. The highest BCUT2D eigenvalue weighted by Gasteiger charge is 2.46. The predicted molar refractivity (Wildman–Crippen MR) is 84.1 cm³/mol. The van der Waals surface area contributed by atoms with E-state index >= 15 is 0 Å². The molecule has 0 aromatic rings. The molecule has 0 aromatic carbocycles. The minimum atomic E-state index is -0.699. The Morgan fingerprint density at radius 1 is 1.41 bits per heavy atom. The van der Waals surface area contributed by atoms with Gasteiger partial charge in [0.1, 0.15) is 5.60 Å². The molecular weight excluding hydrogens is 284 g/mol. The second kappa shape index (κ2) is 7.11. The van der Waals surface area contributed by atoms with Crippen molar-refractivity contribution in [1.82, 2.24) is 4.90 Å². The molecule has 1 heterocycles. The Morgan fingerprint density at radius 3 is 2.50 bits per heavy atom. The number of methoxy groups -OCH3 is 1. The minimum absolute atomic E-state index is 0.0809. The lowest BCUT2D eigenvalue weighted by atomic mass is 9.72. The van der Waals surface area contributed by atoms with E-state index in [1.54, 1.807) is 4.90 Å². The fraction of sp³-hybridized carbons (Fsp3) is 0.812. The molecule has 1 fully saturated rings. The number of amides is 1. The summed E-state index contributed by atoms with van der Waals surface area (Å²) in [6.45, 7) is 7.94. The fourth-order valence-electron chi connectivity index (χ4n) is 2.97. The lowest BCUT2D eigenvalue weighted by Crippen LogP contribution is -2.53. The maximum absolute atomic E-state index is 12.3. The molecule has 6 nitrogen and oxygen atoms in total. The van der Waals surface area contributed by atoms with Gasteiger partial charge in [-0.15, -0.1) is 0 Å². The van der Waals surface area contributed by atoms with E-state index in [0.717, 1.165) is 6.42 Å². The Kier molecular flexibility index (Phi) is 5.97. The standard InChI is InChI=1S/C16H28N2O4/c1-6-12-11-16(7-9-17,13(19)21-5)8-10-18(12)14(20)22-15(2,3)4/h9,12,17H,6-8,10-11H2,1-5H3. The summed E-state index contributed by atoms with van der Waals surface area (Å²) < 4.78 is 10.4. The van der Waals surface area contributed by atoms with Gasteiger partial charge in [0.15, 0.2) is 0 Å². The number of ether oxygens (including phenoxy) is 2. The van der Waals surface area contributed by atoms with Crippen LogP contribution < -0.4 is 0 Å². The van der Waals surface area contributed by atoms with Gasteiger partial charge >= 0.3 is 12.1 Å². The first kappa shape index (κ1) is 18.5. The Hall–Kier alpha value is -1.59. The zero-order valence-corrected chi connectivity index (χ0v) is 14.3. The van der Waals surface area contributed by atoms with Crippen molar-refractivity contribution in [2.24, 2.45) is 5.41 Å². The van der Waals surface area contributed by atoms with E-state index in [2.05, 4.69) is 0 Å². The first-order valence-corrected chi connectivity index (χ1v) is 7.76. The number of piperidine rings is 1. The van der Waals surface area contributed by atoms with Gasteiger partial charge in [-0.2, -0.15) is 0 Å². The highest BCUT2D eigenvalue weighted by Crippen LogP contribution is 2.40. The maximum Gasteiger partial charge on any atom is 0.410 e. The van der Waals surface area contributed by atoms with Crippen LogP contribution in [0.2, 0.25) is 0 Å². The van der Waals surface area contributed by atoms with Crippen molar-refractivity contribution >= 4 is 18.3 Å². The molecule has 0 saturated carbocycles. The number of rotatable bonds is 4. The molecule has 0 radical (unpaired) electrons. The van der Waals surface area contributed by atoms with Gasteiger partial charge in [0.05, 0.1) is 12.5 Å². The Labute approximate surface area is 132 Å². The zero-order chi connectivity index (χ0) is 17.0. The van der Waals surface area contributed by atoms with Crippen LogP contribution in [0.4, 0.5) is 4.79 Å². The first-order valence-electron chi connectivity index (χ1n) is 7.76. The predicted octanol–water partition coefficient (Wildman–Crippen LogP) is 2.99. The molecule has 0 spiro atoms. The van der Waals surface area contributed by atoms with Gasteiger partial charge in [-0.05, 0) is 52.7 Å². The molecule has 0 aromatic heterocycles. The Bertz CT molecular complexity index is 430. The van der Waals surface area contributed by atoms with Crippen molar-refractivity contribution in [2.75, 3.05) is 13.7 Å². The number of esters is 1. The number of hydrogen-bond donors (Lipinski definition) is 1. The number of likely N-dealkylation sites (tertiary alicyclic amines) is 1. The van der Waals surface area contributed by atoms with Gasteiger partial charge in [0.2, 0.25) is 0 Å². The van der Waals surface area contributed by atoms with Crippen LogP contribution in [0.5, 0.6) is 0 Å².